The molecule has 5 heteroatoms. The van der Waals surface area contributed by atoms with Gasteiger partial charge in [-0.3, -0.25) is 0 Å². The molecule has 1 aromatic heterocycles. The second-order valence-electron chi connectivity index (χ2n) is 4.11. The van der Waals surface area contributed by atoms with Crippen LogP contribution < -0.4 is 4.90 Å². The molecule has 0 bridgehead atoms. The second-order valence-corrected chi connectivity index (χ2v) is 4.84. The summed E-state index contributed by atoms with van der Waals surface area (Å²) in [5.74, 6) is 0.835. The molecule has 0 unspecified atom stereocenters. The zero-order valence-electron chi connectivity index (χ0n) is 8.53. The van der Waals surface area contributed by atoms with Crippen LogP contribution in [0, 0.1) is 6.92 Å². The molecule has 1 N–H and O–H groups in total. The number of anilines is 1. The molecule has 1 saturated heterocycles. The quantitative estimate of drug-likeness (QED) is 0.761. The Morgan fingerprint density at radius 3 is 2.57 bits per heavy atom. The van der Waals surface area contributed by atoms with E-state index < -0.39 is 5.60 Å². The van der Waals surface area contributed by atoms with E-state index in [9.17, 15) is 5.11 Å². The molecular weight excluding hydrogens is 198 g/mol. The van der Waals surface area contributed by atoms with Crippen molar-refractivity contribution in [3.05, 3.63) is 5.82 Å². The van der Waals surface area contributed by atoms with Gasteiger partial charge in [0.2, 0.25) is 5.13 Å². The molecule has 78 valence electrons. The normalized spacial score (nSPS) is 21.2. The van der Waals surface area contributed by atoms with Gasteiger partial charge in [0.25, 0.3) is 0 Å². The summed E-state index contributed by atoms with van der Waals surface area (Å²) in [5, 5.41) is 10.8. The van der Waals surface area contributed by atoms with Gasteiger partial charge >= 0.3 is 0 Å². The van der Waals surface area contributed by atoms with Gasteiger partial charge in [0.15, 0.2) is 0 Å². The average Bonchev–Trinajstić information content (AvgIpc) is 2.52. The van der Waals surface area contributed by atoms with Crippen molar-refractivity contribution < 1.29 is 5.11 Å². The van der Waals surface area contributed by atoms with Crippen LogP contribution in [0.3, 0.4) is 0 Å². The van der Waals surface area contributed by atoms with Crippen LogP contribution in [0.5, 0.6) is 0 Å². The van der Waals surface area contributed by atoms with Gasteiger partial charge in [0.1, 0.15) is 5.82 Å². The molecular formula is C9H15N3OS. The van der Waals surface area contributed by atoms with E-state index in [0.29, 0.717) is 0 Å². The number of aromatic nitrogens is 2. The Kier molecular flexibility index (Phi) is 2.45. The summed E-state index contributed by atoms with van der Waals surface area (Å²) in [6.07, 6.45) is 1.62. The van der Waals surface area contributed by atoms with E-state index >= 15 is 0 Å². The lowest BCUT2D eigenvalue weighted by molar-refractivity contribution is 0.0351. The van der Waals surface area contributed by atoms with Gasteiger partial charge in [-0.1, -0.05) is 0 Å². The third-order valence-electron chi connectivity index (χ3n) is 2.63. The third kappa shape index (κ3) is 2.04. The van der Waals surface area contributed by atoms with Gasteiger partial charge < -0.3 is 10.0 Å². The maximum Gasteiger partial charge on any atom is 0.205 e. The molecule has 0 aromatic carbocycles. The molecule has 0 spiro atoms. The molecule has 0 radical (unpaired) electrons. The summed E-state index contributed by atoms with van der Waals surface area (Å²) < 4.78 is 4.15. The van der Waals surface area contributed by atoms with Crippen LogP contribution in [0.15, 0.2) is 0 Å². The SMILES string of the molecule is Cc1nsc(N2CCC(C)(O)CC2)n1. The summed E-state index contributed by atoms with van der Waals surface area (Å²) in [4.78, 5) is 6.53. The molecule has 1 aliphatic rings. The predicted octanol–water partition coefficient (Wildman–Crippen LogP) is 1.20. The largest absolute Gasteiger partial charge is 0.390 e. The minimum absolute atomic E-state index is 0.490. The molecule has 0 atom stereocenters. The molecule has 0 aliphatic carbocycles. The van der Waals surface area contributed by atoms with Crippen molar-refractivity contribution in [3.8, 4) is 0 Å². The maximum atomic E-state index is 9.79. The number of hydrogen-bond acceptors (Lipinski definition) is 5. The molecule has 4 nitrogen and oxygen atoms in total. The highest BCUT2D eigenvalue weighted by atomic mass is 32.1. The first kappa shape index (κ1) is 9.86. The van der Waals surface area contributed by atoms with Gasteiger partial charge in [-0.25, -0.2) is 4.98 Å². The molecule has 0 amide bonds. The Labute approximate surface area is 87.8 Å². The molecule has 0 saturated carbocycles. The van der Waals surface area contributed by atoms with Gasteiger partial charge in [-0.2, -0.15) is 4.37 Å². The van der Waals surface area contributed by atoms with Crippen LogP contribution in [0.25, 0.3) is 0 Å². The number of aryl methyl sites for hydroxylation is 1. The first-order valence-corrected chi connectivity index (χ1v) is 5.62. The minimum atomic E-state index is -0.490. The van der Waals surface area contributed by atoms with Gasteiger partial charge in [-0.15, -0.1) is 0 Å². The van der Waals surface area contributed by atoms with Gasteiger partial charge in [0.05, 0.1) is 5.60 Å². The summed E-state index contributed by atoms with van der Waals surface area (Å²) in [6, 6.07) is 0. The monoisotopic (exact) mass is 213 g/mol. The van der Waals surface area contributed by atoms with Gasteiger partial charge in [-0.05, 0) is 26.7 Å². The summed E-state index contributed by atoms with van der Waals surface area (Å²) in [6.45, 7) is 5.55. The lowest BCUT2D eigenvalue weighted by atomic mass is 9.94. The standard InChI is InChI=1S/C9H15N3OS/c1-7-10-8(14-11-7)12-5-3-9(2,13)4-6-12/h13H,3-6H2,1-2H3. The Morgan fingerprint density at radius 1 is 1.43 bits per heavy atom. The number of aliphatic hydroxyl groups is 1. The first-order valence-electron chi connectivity index (χ1n) is 4.84. The number of hydrogen-bond donors (Lipinski definition) is 1. The average molecular weight is 213 g/mol. The van der Waals surface area contributed by atoms with Crippen molar-refractivity contribution in [3.63, 3.8) is 0 Å². The maximum absolute atomic E-state index is 9.79. The van der Waals surface area contributed by atoms with Crippen LogP contribution >= 0.6 is 11.5 Å². The number of piperidine rings is 1. The summed E-state index contributed by atoms with van der Waals surface area (Å²) >= 11 is 1.44. The van der Waals surface area contributed by atoms with Crippen LogP contribution in [0.4, 0.5) is 5.13 Å². The smallest absolute Gasteiger partial charge is 0.205 e. The highest BCUT2D eigenvalue weighted by molar-refractivity contribution is 7.09. The highest BCUT2D eigenvalue weighted by Crippen LogP contribution is 2.26. The van der Waals surface area contributed by atoms with Crippen molar-refractivity contribution in [1.82, 2.24) is 9.36 Å². The van der Waals surface area contributed by atoms with Gasteiger partial charge in [0, 0.05) is 24.6 Å². The van der Waals surface area contributed by atoms with E-state index in [2.05, 4.69) is 14.3 Å². The Hall–Kier alpha value is -0.680. The van der Waals surface area contributed by atoms with Crippen molar-refractivity contribution >= 4 is 16.7 Å². The zero-order valence-corrected chi connectivity index (χ0v) is 9.34. The molecule has 14 heavy (non-hydrogen) atoms. The van der Waals surface area contributed by atoms with E-state index in [1.807, 2.05) is 13.8 Å². The van der Waals surface area contributed by atoms with E-state index in [1.54, 1.807) is 0 Å². The van der Waals surface area contributed by atoms with E-state index in [0.717, 1.165) is 36.9 Å². The molecule has 2 heterocycles. The predicted molar refractivity (Wildman–Crippen MR) is 56.7 cm³/mol. The van der Waals surface area contributed by atoms with Crippen LogP contribution in [-0.2, 0) is 0 Å². The second kappa shape index (κ2) is 3.47. The van der Waals surface area contributed by atoms with Crippen molar-refractivity contribution in [2.24, 2.45) is 0 Å². The molecule has 1 aromatic rings. The van der Waals surface area contributed by atoms with Crippen LogP contribution in [0.1, 0.15) is 25.6 Å². The van der Waals surface area contributed by atoms with E-state index in [4.69, 9.17) is 0 Å². The Balaban J connectivity index is 2.02. The van der Waals surface area contributed by atoms with Crippen LogP contribution in [0.2, 0.25) is 0 Å². The topological polar surface area (TPSA) is 49.2 Å². The Morgan fingerprint density at radius 2 is 2.07 bits per heavy atom. The van der Waals surface area contributed by atoms with E-state index in [1.165, 1.54) is 11.5 Å². The zero-order chi connectivity index (χ0) is 10.2. The fraction of sp³-hybridized carbons (Fsp3) is 0.778. The molecule has 1 fully saturated rings. The Bertz CT molecular complexity index is 314. The molecule has 2 rings (SSSR count). The number of rotatable bonds is 1. The number of nitrogens with zero attached hydrogens (tertiary/aromatic N) is 3. The fourth-order valence-corrected chi connectivity index (χ4v) is 2.32. The lowest BCUT2D eigenvalue weighted by Crippen LogP contribution is -2.42. The summed E-state index contributed by atoms with van der Waals surface area (Å²) in [7, 11) is 0. The van der Waals surface area contributed by atoms with Crippen molar-refractivity contribution in [2.45, 2.75) is 32.3 Å². The first-order chi connectivity index (χ1) is 6.57. The summed E-state index contributed by atoms with van der Waals surface area (Å²) in [5.41, 5.74) is -0.490. The van der Waals surface area contributed by atoms with E-state index in [-0.39, 0.29) is 0 Å². The highest BCUT2D eigenvalue weighted by Gasteiger charge is 2.28. The van der Waals surface area contributed by atoms with Crippen LogP contribution in [-0.4, -0.2) is 33.2 Å². The molecule has 1 aliphatic heterocycles. The third-order valence-corrected chi connectivity index (χ3v) is 3.50. The lowest BCUT2D eigenvalue weighted by Gasteiger charge is -2.35. The van der Waals surface area contributed by atoms with Crippen molar-refractivity contribution in [1.29, 1.82) is 0 Å². The fourth-order valence-electron chi connectivity index (χ4n) is 1.59. The van der Waals surface area contributed by atoms with Crippen molar-refractivity contribution in [2.75, 3.05) is 18.0 Å². The minimum Gasteiger partial charge on any atom is -0.390 e.